The van der Waals surface area contributed by atoms with E-state index in [0.29, 0.717) is 23.4 Å². The summed E-state index contributed by atoms with van der Waals surface area (Å²) in [4.78, 5) is 14.6. The lowest BCUT2D eigenvalue weighted by Crippen LogP contribution is -2.36. The summed E-state index contributed by atoms with van der Waals surface area (Å²) in [7, 11) is 0. The Balaban J connectivity index is 1.86. The fourth-order valence-corrected chi connectivity index (χ4v) is 3.05. The fraction of sp³-hybridized carbons (Fsp3) is 0.647. The molecule has 2 heterocycles. The highest BCUT2D eigenvalue weighted by Gasteiger charge is 2.20. The number of amides is 1. The molecule has 0 aromatic carbocycles. The van der Waals surface area contributed by atoms with Gasteiger partial charge >= 0.3 is 0 Å². The second-order valence-corrected chi connectivity index (χ2v) is 6.25. The third-order valence-corrected chi connectivity index (χ3v) is 4.12. The first-order valence-electron chi connectivity index (χ1n) is 8.21. The summed E-state index contributed by atoms with van der Waals surface area (Å²) in [5.41, 5.74) is 2.45. The standard InChI is InChI=1S/C17H26FN3O2/c1-12(19-17(22)16-13(2)20-23-14(16)3)10-15-6-4-8-21(11-15)9-5-7-18/h6,12H,4-5,7-11H2,1-3H3,(H,19,22). The monoisotopic (exact) mass is 323 g/mol. The van der Waals surface area contributed by atoms with E-state index in [1.165, 1.54) is 5.57 Å². The predicted molar refractivity (Wildman–Crippen MR) is 87.3 cm³/mol. The SMILES string of the molecule is Cc1noc(C)c1C(=O)NC(C)CC1=CCCN(CCCF)C1. The van der Waals surface area contributed by atoms with Crippen molar-refractivity contribution < 1.29 is 13.7 Å². The van der Waals surface area contributed by atoms with Gasteiger partial charge in [0.05, 0.1) is 12.4 Å². The molecule has 5 nitrogen and oxygen atoms in total. The molecule has 1 aromatic rings. The van der Waals surface area contributed by atoms with Crippen LogP contribution in [-0.4, -0.2) is 48.3 Å². The molecule has 1 amide bonds. The predicted octanol–water partition coefficient (Wildman–Crippen LogP) is 2.79. The van der Waals surface area contributed by atoms with E-state index in [4.69, 9.17) is 4.52 Å². The highest BCUT2D eigenvalue weighted by atomic mass is 19.1. The van der Waals surface area contributed by atoms with Crippen molar-refractivity contribution in [1.29, 1.82) is 0 Å². The molecule has 1 aromatic heterocycles. The Morgan fingerprint density at radius 2 is 2.30 bits per heavy atom. The molecule has 0 fully saturated rings. The molecule has 2 rings (SSSR count). The number of rotatable bonds is 7. The second kappa shape index (κ2) is 8.24. The van der Waals surface area contributed by atoms with Crippen LogP contribution in [0.2, 0.25) is 0 Å². The summed E-state index contributed by atoms with van der Waals surface area (Å²) in [5.74, 6) is 0.404. The van der Waals surface area contributed by atoms with E-state index in [1.807, 2.05) is 6.92 Å². The van der Waals surface area contributed by atoms with Gasteiger partial charge in [0.25, 0.3) is 5.91 Å². The summed E-state index contributed by atoms with van der Waals surface area (Å²) in [6, 6.07) is 0.0311. The molecule has 1 aliphatic heterocycles. The first kappa shape index (κ1) is 17.7. The largest absolute Gasteiger partial charge is 0.361 e. The number of alkyl halides is 1. The molecule has 128 valence electrons. The third kappa shape index (κ3) is 4.89. The first-order valence-corrected chi connectivity index (χ1v) is 8.21. The Hall–Kier alpha value is -1.69. The summed E-state index contributed by atoms with van der Waals surface area (Å²) in [5, 5.41) is 6.83. The molecule has 1 unspecified atom stereocenters. The van der Waals surface area contributed by atoms with Crippen molar-refractivity contribution in [2.45, 2.75) is 46.1 Å². The normalized spacial score (nSPS) is 17.0. The summed E-state index contributed by atoms with van der Waals surface area (Å²) >= 11 is 0. The minimum absolute atomic E-state index is 0.0311. The molecule has 0 aliphatic carbocycles. The van der Waals surface area contributed by atoms with Crippen LogP contribution in [0.4, 0.5) is 4.39 Å². The maximum atomic E-state index is 12.3. The number of halogens is 1. The van der Waals surface area contributed by atoms with E-state index in [1.54, 1.807) is 13.8 Å². The number of carbonyl (C=O) groups is 1. The van der Waals surface area contributed by atoms with Crippen LogP contribution in [0.3, 0.4) is 0 Å². The number of nitrogens with zero attached hydrogens (tertiary/aromatic N) is 2. The van der Waals surface area contributed by atoms with Gasteiger partial charge in [-0.25, -0.2) is 0 Å². The van der Waals surface area contributed by atoms with Crippen molar-refractivity contribution in [2.24, 2.45) is 0 Å². The van der Waals surface area contributed by atoms with Crippen LogP contribution in [0, 0.1) is 13.8 Å². The lowest BCUT2D eigenvalue weighted by Gasteiger charge is -2.28. The van der Waals surface area contributed by atoms with Crippen molar-refractivity contribution in [3.8, 4) is 0 Å². The van der Waals surface area contributed by atoms with Gasteiger partial charge < -0.3 is 9.84 Å². The Morgan fingerprint density at radius 1 is 1.52 bits per heavy atom. The number of carbonyl (C=O) groups excluding carboxylic acids is 1. The maximum absolute atomic E-state index is 12.3. The van der Waals surface area contributed by atoms with Gasteiger partial charge in [-0.05, 0) is 40.0 Å². The van der Waals surface area contributed by atoms with Gasteiger partial charge in [0.2, 0.25) is 0 Å². The van der Waals surface area contributed by atoms with E-state index in [0.717, 1.165) is 32.5 Å². The van der Waals surface area contributed by atoms with Gasteiger partial charge in [0.15, 0.2) is 0 Å². The zero-order chi connectivity index (χ0) is 16.8. The lowest BCUT2D eigenvalue weighted by molar-refractivity contribution is 0.0937. The van der Waals surface area contributed by atoms with Gasteiger partial charge in [-0.1, -0.05) is 16.8 Å². The number of hydrogen-bond acceptors (Lipinski definition) is 4. The van der Waals surface area contributed by atoms with Crippen LogP contribution in [0.25, 0.3) is 0 Å². The molecule has 0 radical (unpaired) electrons. The quantitative estimate of drug-likeness (QED) is 0.784. The van der Waals surface area contributed by atoms with Crippen LogP contribution in [0.15, 0.2) is 16.2 Å². The Morgan fingerprint density at radius 3 is 2.96 bits per heavy atom. The van der Waals surface area contributed by atoms with Crippen molar-refractivity contribution >= 4 is 5.91 Å². The van der Waals surface area contributed by atoms with Crippen LogP contribution < -0.4 is 5.32 Å². The Bertz CT molecular complexity index is 549. The maximum Gasteiger partial charge on any atom is 0.257 e. The van der Waals surface area contributed by atoms with Gasteiger partial charge in [-0.15, -0.1) is 0 Å². The second-order valence-electron chi connectivity index (χ2n) is 6.25. The lowest BCUT2D eigenvalue weighted by atomic mass is 10.0. The molecule has 23 heavy (non-hydrogen) atoms. The molecule has 1 atom stereocenters. The van der Waals surface area contributed by atoms with Crippen LogP contribution in [0.5, 0.6) is 0 Å². The molecule has 0 saturated heterocycles. The van der Waals surface area contributed by atoms with E-state index in [2.05, 4.69) is 21.4 Å². The Labute approximate surface area is 136 Å². The first-order chi connectivity index (χ1) is 11.0. The molecular weight excluding hydrogens is 297 g/mol. The van der Waals surface area contributed by atoms with Crippen molar-refractivity contribution in [3.05, 3.63) is 28.7 Å². The van der Waals surface area contributed by atoms with Gasteiger partial charge in [-0.3, -0.25) is 14.1 Å². The van der Waals surface area contributed by atoms with Crippen molar-refractivity contribution in [2.75, 3.05) is 26.3 Å². The summed E-state index contributed by atoms with van der Waals surface area (Å²) in [6.07, 6.45) is 4.63. The van der Waals surface area contributed by atoms with E-state index < -0.39 is 0 Å². The van der Waals surface area contributed by atoms with Gasteiger partial charge in [0.1, 0.15) is 11.3 Å². The van der Waals surface area contributed by atoms with Crippen LogP contribution in [0.1, 0.15) is 48.0 Å². The smallest absolute Gasteiger partial charge is 0.257 e. The average Bonchev–Trinajstić information content (AvgIpc) is 2.84. The zero-order valence-corrected chi connectivity index (χ0v) is 14.2. The van der Waals surface area contributed by atoms with Crippen LogP contribution in [-0.2, 0) is 0 Å². The van der Waals surface area contributed by atoms with E-state index in [9.17, 15) is 9.18 Å². The van der Waals surface area contributed by atoms with Crippen molar-refractivity contribution in [1.82, 2.24) is 15.4 Å². The number of nitrogens with one attached hydrogen (secondary N) is 1. The number of hydrogen-bond donors (Lipinski definition) is 1. The molecule has 0 spiro atoms. The van der Waals surface area contributed by atoms with Crippen LogP contribution >= 0.6 is 0 Å². The zero-order valence-electron chi connectivity index (χ0n) is 14.2. The minimum Gasteiger partial charge on any atom is -0.361 e. The fourth-order valence-electron chi connectivity index (χ4n) is 3.05. The van der Waals surface area contributed by atoms with Gasteiger partial charge in [-0.2, -0.15) is 0 Å². The minimum atomic E-state index is -0.264. The van der Waals surface area contributed by atoms with Crippen molar-refractivity contribution in [3.63, 3.8) is 0 Å². The molecule has 1 N–H and O–H groups in total. The molecule has 0 saturated carbocycles. The summed E-state index contributed by atoms with van der Waals surface area (Å²) in [6.45, 7) is 7.90. The number of aryl methyl sites for hydroxylation is 2. The highest BCUT2D eigenvalue weighted by Crippen LogP contribution is 2.16. The Kier molecular flexibility index (Phi) is 6.33. The van der Waals surface area contributed by atoms with E-state index in [-0.39, 0.29) is 18.6 Å². The average molecular weight is 323 g/mol. The molecule has 0 bridgehead atoms. The number of aromatic nitrogens is 1. The van der Waals surface area contributed by atoms with Gasteiger partial charge in [0, 0.05) is 25.7 Å². The third-order valence-electron chi connectivity index (χ3n) is 4.12. The highest BCUT2D eigenvalue weighted by molar-refractivity contribution is 5.96. The summed E-state index contributed by atoms with van der Waals surface area (Å²) < 4.78 is 17.3. The van der Waals surface area contributed by atoms with E-state index >= 15 is 0 Å². The topological polar surface area (TPSA) is 58.4 Å². The molecular formula is C17H26FN3O2. The molecule has 6 heteroatoms. The molecule has 1 aliphatic rings.